The van der Waals surface area contributed by atoms with Crippen molar-refractivity contribution in [2.75, 3.05) is 36.0 Å². The average Bonchev–Trinajstić information content (AvgIpc) is 2.62. The van der Waals surface area contributed by atoms with Gasteiger partial charge in [0.2, 0.25) is 21.8 Å². The van der Waals surface area contributed by atoms with Crippen LogP contribution in [0.2, 0.25) is 10.0 Å². The van der Waals surface area contributed by atoms with Crippen LogP contribution in [0, 0.1) is 6.92 Å². The summed E-state index contributed by atoms with van der Waals surface area (Å²) in [5.74, 6) is -0.982. The summed E-state index contributed by atoms with van der Waals surface area (Å²) in [6.45, 7) is 1.08. The number of rotatable bonds is 7. The number of likely N-dealkylation sites (N-methyl/N-ethyl adjacent to an activating group) is 1. The van der Waals surface area contributed by atoms with Crippen LogP contribution in [0.3, 0.4) is 0 Å². The van der Waals surface area contributed by atoms with Crippen LogP contribution in [0.25, 0.3) is 0 Å². The molecule has 0 atom stereocenters. The molecule has 0 unspecified atom stereocenters. The van der Waals surface area contributed by atoms with Crippen molar-refractivity contribution in [3.05, 3.63) is 58.1 Å². The van der Waals surface area contributed by atoms with Crippen molar-refractivity contribution in [2.45, 2.75) is 6.92 Å². The molecule has 0 saturated heterocycles. The molecule has 0 saturated carbocycles. The van der Waals surface area contributed by atoms with Gasteiger partial charge in [0.05, 0.1) is 28.5 Å². The van der Waals surface area contributed by atoms with E-state index in [1.807, 2.05) is 0 Å². The molecule has 0 aliphatic rings. The third-order valence-corrected chi connectivity index (χ3v) is 5.94. The number of carbonyl (C=O) groups is 2. The fourth-order valence-electron chi connectivity index (χ4n) is 2.55. The smallest absolute Gasteiger partial charge is 0.243 e. The molecule has 0 bridgehead atoms. The number of anilines is 2. The Morgan fingerprint density at radius 2 is 1.69 bits per heavy atom. The second kappa shape index (κ2) is 9.47. The zero-order valence-electron chi connectivity index (χ0n) is 16.1. The number of amides is 2. The number of hydrogen-bond donors (Lipinski definition) is 1. The summed E-state index contributed by atoms with van der Waals surface area (Å²) >= 11 is 11.8. The molecule has 0 spiro atoms. The van der Waals surface area contributed by atoms with Gasteiger partial charge in [-0.05, 0) is 36.8 Å². The first kappa shape index (κ1) is 23.0. The molecular weight excluding hydrogens is 437 g/mol. The van der Waals surface area contributed by atoms with E-state index in [2.05, 4.69) is 5.32 Å². The van der Waals surface area contributed by atoms with Gasteiger partial charge in [0.15, 0.2) is 0 Å². The number of hydrogen-bond acceptors (Lipinski definition) is 4. The quantitative estimate of drug-likeness (QED) is 0.691. The van der Waals surface area contributed by atoms with Gasteiger partial charge in [0.25, 0.3) is 0 Å². The van der Waals surface area contributed by atoms with Crippen LogP contribution in [0.15, 0.2) is 42.5 Å². The normalized spacial score (nSPS) is 11.1. The van der Waals surface area contributed by atoms with Crippen LogP contribution in [-0.4, -0.2) is 51.5 Å². The van der Waals surface area contributed by atoms with Crippen LogP contribution in [0.4, 0.5) is 11.4 Å². The number of nitrogens with one attached hydrogen (secondary N) is 1. The van der Waals surface area contributed by atoms with Crippen LogP contribution < -0.4 is 9.62 Å². The zero-order chi connectivity index (χ0) is 21.8. The Morgan fingerprint density at radius 3 is 2.28 bits per heavy atom. The highest BCUT2D eigenvalue weighted by atomic mass is 35.5. The van der Waals surface area contributed by atoms with Crippen LogP contribution in [0.5, 0.6) is 0 Å². The Kier molecular flexibility index (Phi) is 7.51. The van der Waals surface area contributed by atoms with E-state index < -0.39 is 28.4 Å². The lowest BCUT2D eigenvalue weighted by atomic mass is 10.2. The standard InChI is InChI=1S/C19H21Cl2N3O4S/c1-13-6-4-5-7-17(13)24(29(3,27)28)12-19(26)23(2)11-18(25)22-14-8-9-15(20)16(21)10-14/h4-10H,11-12H2,1-3H3,(H,22,25). The second-order valence-electron chi connectivity index (χ2n) is 6.48. The predicted molar refractivity (Wildman–Crippen MR) is 116 cm³/mol. The van der Waals surface area contributed by atoms with Gasteiger partial charge >= 0.3 is 0 Å². The highest BCUT2D eigenvalue weighted by Crippen LogP contribution is 2.25. The maximum atomic E-state index is 12.6. The molecule has 7 nitrogen and oxygen atoms in total. The van der Waals surface area contributed by atoms with Crippen LogP contribution in [-0.2, 0) is 19.6 Å². The highest BCUT2D eigenvalue weighted by Gasteiger charge is 2.24. The molecule has 2 aromatic rings. The van der Waals surface area contributed by atoms with E-state index in [1.54, 1.807) is 43.3 Å². The first-order chi connectivity index (χ1) is 13.5. The number of sulfonamides is 1. The lowest BCUT2D eigenvalue weighted by Crippen LogP contribution is -2.43. The summed E-state index contributed by atoms with van der Waals surface area (Å²) in [6.07, 6.45) is 1.03. The fraction of sp³-hybridized carbons (Fsp3) is 0.263. The van der Waals surface area contributed by atoms with Gasteiger partial charge in [-0.15, -0.1) is 0 Å². The zero-order valence-corrected chi connectivity index (χ0v) is 18.5. The van der Waals surface area contributed by atoms with Crippen LogP contribution >= 0.6 is 23.2 Å². The lowest BCUT2D eigenvalue weighted by Gasteiger charge is -2.26. The minimum Gasteiger partial charge on any atom is -0.335 e. The molecule has 0 radical (unpaired) electrons. The topological polar surface area (TPSA) is 86.8 Å². The summed E-state index contributed by atoms with van der Waals surface area (Å²) in [4.78, 5) is 25.9. The maximum absolute atomic E-state index is 12.6. The monoisotopic (exact) mass is 457 g/mol. The van der Waals surface area contributed by atoms with Crippen molar-refractivity contribution in [3.8, 4) is 0 Å². The van der Waals surface area contributed by atoms with E-state index >= 15 is 0 Å². The molecular formula is C19H21Cl2N3O4S. The Hall–Kier alpha value is -2.29. The van der Waals surface area contributed by atoms with E-state index in [0.717, 1.165) is 15.5 Å². The van der Waals surface area contributed by atoms with Crippen molar-refractivity contribution >= 4 is 56.4 Å². The first-order valence-corrected chi connectivity index (χ1v) is 11.1. The summed E-state index contributed by atoms with van der Waals surface area (Å²) in [6, 6.07) is 11.5. The van der Waals surface area contributed by atoms with Gasteiger partial charge in [-0.2, -0.15) is 0 Å². The summed E-state index contributed by atoms with van der Waals surface area (Å²) < 4.78 is 25.5. The van der Waals surface area contributed by atoms with Crippen molar-refractivity contribution < 1.29 is 18.0 Å². The van der Waals surface area contributed by atoms with E-state index in [-0.39, 0.29) is 11.6 Å². The van der Waals surface area contributed by atoms with E-state index in [4.69, 9.17) is 23.2 Å². The second-order valence-corrected chi connectivity index (χ2v) is 9.20. The average molecular weight is 458 g/mol. The molecule has 0 aliphatic carbocycles. The first-order valence-electron chi connectivity index (χ1n) is 8.51. The highest BCUT2D eigenvalue weighted by molar-refractivity contribution is 7.92. The summed E-state index contributed by atoms with van der Waals surface area (Å²) in [5, 5.41) is 3.26. The van der Waals surface area contributed by atoms with Gasteiger partial charge in [0.1, 0.15) is 6.54 Å². The van der Waals surface area contributed by atoms with Gasteiger partial charge in [-0.25, -0.2) is 8.42 Å². The SMILES string of the molecule is Cc1ccccc1N(CC(=O)N(C)CC(=O)Nc1ccc(Cl)c(Cl)c1)S(C)(=O)=O. The van der Waals surface area contributed by atoms with Crippen molar-refractivity contribution in [2.24, 2.45) is 0 Å². The van der Waals surface area contributed by atoms with Gasteiger partial charge in [-0.1, -0.05) is 41.4 Å². The Labute approximate surface area is 180 Å². The van der Waals surface area contributed by atoms with Gasteiger partial charge < -0.3 is 10.2 Å². The molecule has 2 amide bonds. The number of halogens is 2. The van der Waals surface area contributed by atoms with Crippen LogP contribution in [0.1, 0.15) is 5.56 Å². The molecule has 0 aliphatic heterocycles. The molecule has 10 heteroatoms. The van der Waals surface area contributed by atoms with Crippen molar-refractivity contribution in [1.82, 2.24) is 4.90 Å². The molecule has 1 N–H and O–H groups in total. The van der Waals surface area contributed by atoms with Gasteiger partial charge in [-0.3, -0.25) is 13.9 Å². The van der Waals surface area contributed by atoms with E-state index in [0.29, 0.717) is 22.0 Å². The lowest BCUT2D eigenvalue weighted by molar-refractivity contribution is -0.131. The molecule has 29 heavy (non-hydrogen) atoms. The Balaban J connectivity index is 2.07. The van der Waals surface area contributed by atoms with Gasteiger partial charge in [0, 0.05) is 12.7 Å². The minimum atomic E-state index is -3.70. The molecule has 2 aromatic carbocycles. The molecule has 0 fully saturated rings. The third kappa shape index (κ3) is 6.35. The number of carbonyl (C=O) groups excluding carboxylic acids is 2. The minimum absolute atomic E-state index is 0.259. The van der Waals surface area contributed by atoms with Crippen molar-refractivity contribution in [3.63, 3.8) is 0 Å². The molecule has 0 aromatic heterocycles. The van der Waals surface area contributed by atoms with E-state index in [1.165, 1.54) is 13.1 Å². The fourth-order valence-corrected chi connectivity index (χ4v) is 3.75. The Morgan fingerprint density at radius 1 is 1.03 bits per heavy atom. The number of para-hydroxylation sites is 1. The summed E-state index contributed by atoms with van der Waals surface area (Å²) in [5.41, 5.74) is 1.56. The molecule has 0 heterocycles. The molecule has 156 valence electrons. The molecule has 2 rings (SSSR count). The Bertz CT molecular complexity index is 1030. The maximum Gasteiger partial charge on any atom is 0.243 e. The predicted octanol–water partition coefficient (Wildman–Crippen LogP) is 3.16. The number of aryl methyl sites for hydroxylation is 1. The van der Waals surface area contributed by atoms with E-state index in [9.17, 15) is 18.0 Å². The number of nitrogens with zero attached hydrogens (tertiary/aromatic N) is 2. The summed E-state index contributed by atoms with van der Waals surface area (Å²) in [7, 11) is -2.27. The largest absolute Gasteiger partial charge is 0.335 e. The number of benzene rings is 2. The third-order valence-electron chi connectivity index (χ3n) is 4.07. The van der Waals surface area contributed by atoms with Crippen molar-refractivity contribution in [1.29, 1.82) is 0 Å².